The highest BCUT2D eigenvalue weighted by Gasteiger charge is 2.25. The molecule has 0 aromatic rings. The van der Waals surface area contributed by atoms with Crippen LogP contribution in [0.1, 0.15) is 6.42 Å². The molecule has 0 aromatic heterocycles. The molecule has 1 aliphatic rings. The molecule has 6 heteroatoms. The summed E-state index contributed by atoms with van der Waals surface area (Å²) in [5.41, 5.74) is 0. The number of hydrogen-bond donors (Lipinski definition) is 1. The maximum atomic E-state index is 12.5. The van der Waals surface area contributed by atoms with E-state index in [1.165, 1.54) is 6.26 Å². The van der Waals surface area contributed by atoms with E-state index in [2.05, 4.69) is 5.32 Å². The molecule has 1 aliphatic heterocycles. The molecule has 1 fully saturated rings. The summed E-state index contributed by atoms with van der Waals surface area (Å²) >= 11 is 0. The zero-order valence-corrected chi connectivity index (χ0v) is 8.42. The Labute approximate surface area is 78.1 Å². The van der Waals surface area contributed by atoms with Crippen LogP contribution in [0.15, 0.2) is 0 Å². The van der Waals surface area contributed by atoms with Crippen molar-refractivity contribution in [2.24, 2.45) is 0 Å². The van der Waals surface area contributed by atoms with Gasteiger partial charge in [-0.3, -0.25) is 0 Å². The van der Waals surface area contributed by atoms with Gasteiger partial charge in [-0.25, -0.2) is 12.8 Å². The topological polar surface area (TPSA) is 46.2 Å². The van der Waals surface area contributed by atoms with Gasteiger partial charge >= 0.3 is 0 Å². The fraction of sp³-hybridized carbons (Fsp3) is 1.00. The lowest BCUT2D eigenvalue weighted by atomic mass is 10.2. The first-order valence-corrected chi connectivity index (χ1v) is 5.58. The van der Waals surface area contributed by atoms with Crippen LogP contribution >= 0.6 is 12.4 Å². The van der Waals surface area contributed by atoms with Crippen molar-refractivity contribution in [2.75, 3.05) is 18.6 Å². The van der Waals surface area contributed by atoms with E-state index in [4.69, 9.17) is 0 Å². The van der Waals surface area contributed by atoms with Crippen molar-refractivity contribution in [1.29, 1.82) is 0 Å². The van der Waals surface area contributed by atoms with Crippen LogP contribution in [0.2, 0.25) is 0 Å². The van der Waals surface area contributed by atoms with Gasteiger partial charge in [-0.1, -0.05) is 0 Å². The SMILES string of the molecule is CS(=O)(=O)C[C@@H]1C[C@H](F)CN1.Cl. The van der Waals surface area contributed by atoms with Crippen LogP contribution in [-0.2, 0) is 9.84 Å². The second-order valence-corrected chi connectivity index (χ2v) is 5.22. The van der Waals surface area contributed by atoms with Crippen LogP contribution in [0.3, 0.4) is 0 Å². The average molecular weight is 218 g/mol. The van der Waals surface area contributed by atoms with E-state index in [1.54, 1.807) is 0 Å². The Bertz CT molecular complexity index is 232. The van der Waals surface area contributed by atoms with E-state index in [0.717, 1.165) is 0 Å². The molecule has 1 saturated heterocycles. The molecule has 0 aromatic carbocycles. The fourth-order valence-electron chi connectivity index (χ4n) is 1.26. The quantitative estimate of drug-likeness (QED) is 0.717. The highest BCUT2D eigenvalue weighted by Crippen LogP contribution is 2.10. The Balaban J connectivity index is 0.00000121. The van der Waals surface area contributed by atoms with E-state index in [9.17, 15) is 12.8 Å². The van der Waals surface area contributed by atoms with E-state index in [0.29, 0.717) is 13.0 Å². The van der Waals surface area contributed by atoms with E-state index in [-0.39, 0.29) is 24.2 Å². The molecule has 0 aliphatic carbocycles. The van der Waals surface area contributed by atoms with Crippen LogP contribution in [0.4, 0.5) is 4.39 Å². The minimum atomic E-state index is -2.96. The van der Waals surface area contributed by atoms with Crippen LogP contribution in [0.25, 0.3) is 0 Å². The molecule has 0 radical (unpaired) electrons. The third-order valence-corrected chi connectivity index (χ3v) is 2.68. The molecule has 0 spiro atoms. The normalized spacial score (nSPS) is 29.8. The Hall–Kier alpha value is 0.130. The largest absolute Gasteiger partial charge is 0.310 e. The lowest BCUT2D eigenvalue weighted by Gasteiger charge is -2.06. The second kappa shape index (κ2) is 4.39. The summed E-state index contributed by atoms with van der Waals surface area (Å²) in [6.07, 6.45) is 0.620. The molecule has 74 valence electrons. The van der Waals surface area contributed by atoms with Gasteiger partial charge in [-0.2, -0.15) is 0 Å². The lowest BCUT2D eigenvalue weighted by molar-refractivity contribution is 0.357. The van der Waals surface area contributed by atoms with Crippen LogP contribution in [0.5, 0.6) is 0 Å². The van der Waals surface area contributed by atoms with Crippen LogP contribution in [-0.4, -0.2) is 39.2 Å². The summed E-state index contributed by atoms with van der Waals surface area (Å²) in [6.45, 7) is 0.292. The highest BCUT2D eigenvalue weighted by atomic mass is 35.5. The van der Waals surface area contributed by atoms with Gasteiger partial charge in [-0.05, 0) is 6.42 Å². The summed E-state index contributed by atoms with van der Waals surface area (Å²) in [5.74, 6) is 0.0490. The van der Waals surface area contributed by atoms with Gasteiger partial charge in [0.05, 0.1) is 5.75 Å². The predicted octanol–water partition coefficient (Wildman–Crippen LogP) is 0.153. The van der Waals surface area contributed by atoms with Crippen molar-refractivity contribution >= 4 is 22.2 Å². The van der Waals surface area contributed by atoms with Crippen molar-refractivity contribution in [2.45, 2.75) is 18.6 Å². The first-order chi connectivity index (χ1) is 4.97. The standard InChI is InChI=1S/C6H12FNO2S.ClH/c1-11(9,10)4-6-2-5(7)3-8-6;/h5-6,8H,2-4H2,1H3;1H/t5-,6-;/m0./s1. The number of rotatable bonds is 2. The maximum absolute atomic E-state index is 12.5. The Kier molecular flexibility index (Phi) is 4.44. The minimum absolute atomic E-state index is 0. The van der Waals surface area contributed by atoms with Gasteiger partial charge in [0, 0.05) is 18.8 Å². The Morgan fingerprint density at radius 1 is 1.58 bits per heavy atom. The van der Waals surface area contributed by atoms with E-state index in [1.807, 2.05) is 0 Å². The maximum Gasteiger partial charge on any atom is 0.148 e. The Morgan fingerprint density at radius 2 is 2.17 bits per heavy atom. The summed E-state index contributed by atoms with van der Waals surface area (Å²) in [6, 6.07) is -0.181. The number of halogens is 2. The molecule has 0 amide bonds. The van der Waals surface area contributed by atoms with Crippen molar-refractivity contribution in [3.63, 3.8) is 0 Å². The van der Waals surface area contributed by atoms with E-state index >= 15 is 0 Å². The van der Waals surface area contributed by atoms with Crippen molar-refractivity contribution < 1.29 is 12.8 Å². The fourth-order valence-corrected chi connectivity index (χ4v) is 2.25. The van der Waals surface area contributed by atoms with Gasteiger partial charge in [0.2, 0.25) is 0 Å². The van der Waals surface area contributed by atoms with Crippen LogP contribution in [0, 0.1) is 0 Å². The molecule has 3 nitrogen and oxygen atoms in total. The lowest BCUT2D eigenvalue weighted by Crippen LogP contribution is -2.29. The number of hydrogen-bond acceptors (Lipinski definition) is 3. The number of nitrogens with one attached hydrogen (secondary N) is 1. The predicted molar refractivity (Wildman–Crippen MR) is 48.3 cm³/mol. The second-order valence-electron chi connectivity index (χ2n) is 3.03. The molecule has 1 rings (SSSR count). The monoisotopic (exact) mass is 217 g/mol. The zero-order chi connectivity index (χ0) is 8.48. The van der Waals surface area contributed by atoms with Gasteiger partial charge in [0.25, 0.3) is 0 Å². The molecule has 0 saturated carbocycles. The molecule has 1 heterocycles. The van der Waals surface area contributed by atoms with Crippen LogP contribution < -0.4 is 5.32 Å². The molecular weight excluding hydrogens is 205 g/mol. The van der Waals surface area contributed by atoms with Gasteiger partial charge in [0.1, 0.15) is 16.0 Å². The van der Waals surface area contributed by atoms with Crippen molar-refractivity contribution in [3.05, 3.63) is 0 Å². The molecular formula is C6H13ClFNO2S. The zero-order valence-electron chi connectivity index (χ0n) is 6.79. The number of alkyl halides is 1. The summed E-state index contributed by atoms with van der Waals surface area (Å²) in [4.78, 5) is 0. The van der Waals surface area contributed by atoms with Gasteiger partial charge < -0.3 is 5.32 Å². The first-order valence-electron chi connectivity index (χ1n) is 3.52. The third-order valence-electron chi connectivity index (χ3n) is 1.67. The Morgan fingerprint density at radius 3 is 2.50 bits per heavy atom. The van der Waals surface area contributed by atoms with Crippen molar-refractivity contribution in [3.8, 4) is 0 Å². The summed E-state index contributed by atoms with van der Waals surface area (Å²) < 4.78 is 34.0. The highest BCUT2D eigenvalue weighted by molar-refractivity contribution is 7.90. The summed E-state index contributed by atoms with van der Waals surface area (Å²) in [7, 11) is -2.96. The minimum Gasteiger partial charge on any atom is -0.310 e. The molecule has 0 unspecified atom stereocenters. The molecule has 1 N–H and O–H groups in total. The number of sulfone groups is 1. The molecule has 12 heavy (non-hydrogen) atoms. The smallest absolute Gasteiger partial charge is 0.148 e. The van der Waals surface area contributed by atoms with Gasteiger partial charge in [0.15, 0.2) is 0 Å². The average Bonchev–Trinajstić information content (AvgIpc) is 2.10. The van der Waals surface area contributed by atoms with E-state index < -0.39 is 16.0 Å². The first kappa shape index (κ1) is 12.1. The molecule has 0 bridgehead atoms. The molecule has 2 atom stereocenters. The summed E-state index contributed by atoms with van der Waals surface area (Å²) in [5, 5.41) is 2.81. The van der Waals surface area contributed by atoms with Crippen molar-refractivity contribution in [1.82, 2.24) is 5.32 Å². The van der Waals surface area contributed by atoms with Gasteiger partial charge in [-0.15, -0.1) is 12.4 Å². The third kappa shape index (κ3) is 4.23.